The van der Waals surface area contributed by atoms with Gasteiger partial charge in [0.15, 0.2) is 0 Å². The summed E-state index contributed by atoms with van der Waals surface area (Å²) in [5.41, 5.74) is 6.48. The van der Waals surface area contributed by atoms with Crippen LogP contribution in [-0.4, -0.2) is 25.7 Å². The molecule has 4 nitrogen and oxygen atoms in total. The third-order valence-electron chi connectivity index (χ3n) is 5.13. The molecule has 3 aromatic rings. The molecule has 4 rings (SSSR count). The molecule has 0 saturated heterocycles. The van der Waals surface area contributed by atoms with Crippen molar-refractivity contribution in [2.45, 2.75) is 25.8 Å². The van der Waals surface area contributed by atoms with E-state index in [-0.39, 0.29) is 6.04 Å². The van der Waals surface area contributed by atoms with Crippen molar-refractivity contribution in [1.82, 2.24) is 10.3 Å². The fourth-order valence-corrected chi connectivity index (χ4v) is 3.84. The van der Waals surface area contributed by atoms with Gasteiger partial charge in [0.2, 0.25) is 0 Å². The van der Waals surface area contributed by atoms with Gasteiger partial charge in [-0.3, -0.25) is 0 Å². The largest absolute Gasteiger partial charge is 0.497 e. The quantitative estimate of drug-likeness (QED) is 0.759. The Morgan fingerprint density at radius 2 is 1.96 bits per heavy atom. The van der Waals surface area contributed by atoms with Gasteiger partial charge in [0.1, 0.15) is 11.5 Å². The zero-order valence-electron chi connectivity index (χ0n) is 15.0. The van der Waals surface area contributed by atoms with Gasteiger partial charge in [0, 0.05) is 22.7 Å². The van der Waals surface area contributed by atoms with Crippen LogP contribution in [0, 0.1) is 6.92 Å². The van der Waals surface area contributed by atoms with E-state index in [1.54, 1.807) is 14.2 Å². The Morgan fingerprint density at radius 3 is 2.76 bits per heavy atom. The third-order valence-corrected chi connectivity index (χ3v) is 5.13. The van der Waals surface area contributed by atoms with Crippen LogP contribution >= 0.6 is 0 Å². The second-order valence-electron chi connectivity index (χ2n) is 6.70. The zero-order chi connectivity index (χ0) is 17.4. The number of methoxy groups -OCH3 is 2. The van der Waals surface area contributed by atoms with Crippen molar-refractivity contribution in [3.8, 4) is 11.5 Å². The predicted molar refractivity (Wildman–Crippen MR) is 101 cm³/mol. The first-order valence-corrected chi connectivity index (χ1v) is 8.75. The molecular formula is C21H24N2O2. The van der Waals surface area contributed by atoms with Crippen molar-refractivity contribution in [3.05, 3.63) is 58.8 Å². The van der Waals surface area contributed by atoms with Crippen molar-refractivity contribution in [1.29, 1.82) is 0 Å². The average molecular weight is 336 g/mol. The predicted octanol–water partition coefficient (Wildman–Crippen LogP) is 3.92. The van der Waals surface area contributed by atoms with Crippen molar-refractivity contribution >= 4 is 10.9 Å². The number of rotatable bonds is 4. The van der Waals surface area contributed by atoms with Crippen LogP contribution in [0.25, 0.3) is 10.9 Å². The molecule has 1 aliphatic heterocycles. The van der Waals surface area contributed by atoms with Crippen LogP contribution in [0.15, 0.2) is 36.4 Å². The molecule has 0 fully saturated rings. The molecule has 2 N–H and O–H groups in total. The molecule has 0 bridgehead atoms. The minimum absolute atomic E-state index is 0.263. The Balaban J connectivity index is 1.71. The van der Waals surface area contributed by atoms with Crippen LogP contribution in [-0.2, 0) is 12.8 Å². The van der Waals surface area contributed by atoms with Crippen LogP contribution in [0.3, 0.4) is 0 Å². The van der Waals surface area contributed by atoms with Crippen molar-refractivity contribution < 1.29 is 9.47 Å². The van der Waals surface area contributed by atoms with Gasteiger partial charge in [-0.05, 0) is 55.6 Å². The smallest absolute Gasteiger partial charge is 0.125 e. The van der Waals surface area contributed by atoms with E-state index in [4.69, 9.17) is 9.47 Å². The van der Waals surface area contributed by atoms with Gasteiger partial charge in [-0.2, -0.15) is 0 Å². The lowest BCUT2D eigenvalue weighted by Crippen LogP contribution is -2.31. The number of hydrogen-bond donors (Lipinski definition) is 2. The Bertz CT molecular complexity index is 914. The molecule has 4 heteroatoms. The molecule has 2 aromatic carbocycles. The van der Waals surface area contributed by atoms with E-state index in [1.165, 1.54) is 33.3 Å². The van der Waals surface area contributed by atoms with E-state index < -0.39 is 0 Å². The fourth-order valence-electron chi connectivity index (χ4n) is 3.84. The highest BCUT2D eigenvalue weighted by molar-refractivity contribution is 5.85. The maximum atomic E-state index is 5.57. The zero-order valence-corrected chi connectivity index (χ0v) is 15.0. The standard InChI is InChI=1S/C21H24N2O2/c1-13-4-7-18-17(10-13)16-8-9-22-19(21(16)23-18)11-14-5-6-15(24-2)12-20(14)25-3/h4-7,10,12,19,22-23H,8-9,11H2,1-3H3. The van der Waals surface area contributed by atoms with Gasteiger partial charge < -0.3 is 19.8 Å². The highest BCUT2D eigenvalue weighted by Gasteiger charge is 2.25. The van der Waals surface area contributed by atoms with Crippen LogP contribution in [0.5, 0.6) is 11.5 Å². The minimum Gasteiger partial charge on any atom is -0.497 e. The Kier molecular flexibility index (Phi) is 4.14. The molecule has 1 aromatic heterocycles. The topological polar surface area (TPSA) is 46.3 Å². The molecule has 2 heterocycles. The minimum atomic E-state index is 0.263. The van der Waals surface area contributed by atoms with Gasteiger partial charge >= 0.3 is 0 Å². The Morgan fingerprint density at radius 1 is 1.08 bits per heavy atom. The van der Waals surface area contributed by atoms with Gasteiger partial charge in [-0.1, -0.05) is 17.7 Å². The van der Waals surface area contributed by atoms with E-state index in [0.29, 0.717) is 0 Å². The van der Waals surface area contributed by atoms with Gasteiger partial charge in [0.05, 0.1) is 20.3 Å². The van der Waals surface area contributed by atoms with E-state index in [2.05, 4.69) is 41.5 Å². The van der Waals surface area contributed by atoms with E-state index in [1.807, 2.05) is 12.1 Å². The molecule has 25 heavy (non-hydrogen) atoms. The number of aromatic amines is 1. The lowest BCUT2D eigenvalue weighted by Gasteiger charge is -2.25. The summed E-state index contributed by atoms with van der Waals surface area (Å²) < 4.78 is 10.9. The molecule has 0 radical (unpaired) electrons. The Hall–Kier alpha value is -2.46. The van der Waals surface area contributed by atoms with E-state index in [9.17, 15) is 0 Å². The lowest BCUT2D eigenvalue weighted by atomic mass is 9.94. The molecule has 0 saturated carbocycles. The van der Waals surface area contributed by atoms with Crippen molar-refractivity contribution in [2.24, 2.45) is 0 Å². The SMILES string of the molecule is COc1ccc(CC2NCCc3c2[nH]c2ccc(C)cc32)c(OC)c1. The summed E-state index contributed by atoms with van der Waals surface area (Å²) in [4.78, 5) is 3.65. The fraction of sp³-hybridized carbons (Fsp3) is 0.333. The second kappa shape index (κ2) is 6.45. The summed E-state index contributed by atoms with van der Waals surface area (Å²) in [7, 11) is 3.39. The maximum Gasteiger partial charge on any atom is 0.125 e. The first kappa shape index (κ1) is 16.0. The highest BCUT2D eigenvalue weighted by atomic mass is 16.5. The molecule has 130 valence electrons. The van der Waals surface area contributed by atoms with Crippen LogP contribution in [0.1, 0.15) is 28.4 Å². The van der Waals surface area contributed by atoms with E-state index in [0.717, 1.165) is 30.9 Å². The second-order valence-corrected chi connectivity index (χ2v) is 6.70. The number of fused-ring (bicyclic) bond motifs is 3. The number of nitrogens with one attached hydrogen (secondary N) is 2. The molecule has 1 unspecified atom stereocenters. The summed E-state index contributed by atoms with van der Waals surface area (Å²) in [6.07, 6.45) is 1.95. The molecule has 0 spiro atoms. The number of H-pyrrole nitrogens is 1. The molecular weight excluding hydrogens is 312 g/mol. The summed E-state index contributed by atoms with van der Waals surface area (Å²) in [6, 6.07) is 13.0. The van der Waals surface area contributed by atoms with Crippen molar-refractivity contribution in [2.75, 3.05) is 20.8 Å². The summed E-state index contributed by atoms with van der Waals surface area (Å²) >= 11 is 0. The van der Waals surface area contributed by atoms with Crippen molar-refractivity contribution in [3.63, 3.8) is 0 Å². The highest BCUT2D eigenvalue weighted by Crippen LogP contribution is 2.34. The molecule has 1 atom stereocenters. The molecule has 1 aliphatic rings. The van der Waals surface area contributed by atoms with Crippen LogP contribution in [0.2, 0.25) is 0 Å². The number of ether oxygens (including phenoxy) is 2. The molecule has 0 amide bonds. The summed E-state index contributed by atoms with van der Waals surface area (Å²) in [5, 5.41) is 5.03. The van der Waals surface area contributed by atoms with Gasteiger partial charge in [0.25, 0.3) is 0 Å². The van der Waals surface area contributed by atoms with Gasteiger partial charge in [-0.25, -0.2) is 0 Å². The van der Waals surface area contributed by atoms with Crippen LogP contribution < -0.4 is 14.8 Å². The molecule has 0 aliphatic carbocycles. The van der Waals surface area contributed by atoms with Crippen LogP contribution in [0.4, 0.5) is 0 Å². The Labute approximate surface area is 148 Å². The number of aromatic nitrogens is 1. The summed E-state index contributed by atoms with van der Waals surface area (Å²) in [5.74, 6) is 1.69. The first-order valence-electron chi connectivity index (χ1n) is 8.75. The average Bonchev–Trinajstić information content (AvgIpc) is 3.01. The third kappa shape index (κ3) is 2.87. The number of aryl methyl sites for hydroxylation is 1. The normalized spacial score (nSPS) is 16.7. The summed E-state index contributed by atoms with van der Waals surface area (Å²) in [6.45, 7) is 3.15. The lowest BCUT2D eigenvalue weighted by molar-refractivity contribution is 0.387. The van der Waals surface area contributed by atoms with Gasteiger partial charge in [-0.15, -0.1) is 0 Å². The first-order chi connectivity index (χ1) is 12.2. The monoisotopic (exact) mass is 336 g/mol. The maximum absolute atomic E-state index is 5.57. The van der Waals surface area contributed by atoms with E-state index >= 15 is 0 Å². The number of benzene rings is 2. The number of hydrogen-bond acceptors (Lipinski definition) is 3.